The molecule has 0 saturated heterocycles. The number of aromatic nitrogens is 1. The molecular weight excluding hydrogens is 230 g/mol. The molecule has 0 aromatic carbocycles. The normalized spacial score (nSPS) is 10.3. The van der Waals surface area contributed by atoms with Crippen molar-refractivity contribution >= 4 is 11.7 Å². The van der Waals surface area contributed by atoms with Crippen LogP contribution >= 0.6 is 0 Å². The summed E-state index contributed by atoms with van der Waals surface area (Å²) in [5, 5.41) is 2.83. The molecule has 0 atom stereocenters. The first kappa shape index (κ1) is 14.4. The molecule has 0 unspecified atom stereocenters. The Balaban J connectivity index is 2.32. The first-order valence-electron chi connectivity index (χ1n) is 6.23. The van der Waals surface area contributed by atoms with Crippen LogP contribution in [0.25, 0.3) is 0 Å². The molecule has 5 nitrogen and oxygen atoms in total. The number of rotatable bonds is 7. The van der Waals surface area contributed by atoms with E-state index in [1.54, 1.807) is 12.1 Å². The fraction of sp³-hybridized carbons (Fsp3) is 0.538. The summed E-state index contributed by atoms with van der Waals surface area (Å²) < 4.78 is 5.33. The van der Waals surface area contributed by atoms with Crippen molar-refractivity contribution in [1.29, 1.82) is 0 Å². The van der Waals surface area contributed by atoms with Crippen molar-refractivity contribution in [3.8, 4) is 0 Å². The zero-order valence-corrected chi connectivity index (χ0v) is 11.0. The van der Waals surface area contributed by atoms with Crippen molar-refractivity contribution in [2.24, 2.45) is 0 Å². The molecule has 5 heteroatoms. The minimum atomic E-state index is -0.123. The molecule has 0 spiro atoms. The van der Waals surface area contributed by atoms with E-state index in [0.717, 1.165) is 25.1 Å². The molecule has 0 aliphatic carbocycles. The number of hydrogen-bond acceptors (Lipinski definition) is 4. The lowest BCUT2D eigenvalue weighted by atomic mass is 10.2. The number of carbonyl (C=O) groups excluding carboxylic acids is 1. The van der Waals surface area contributed by atoms with Gasteiger partial charge in [-0.05, 0) is 31.9 Å². The number of pyridine rings is 1. The molecule has 1 heterocycles. The number of anilines is 1. The Labute approximate surface area is 108 Å². The van der Waals surface area contributed by atoms with Gasteiger partial charge in [0.05, 0.1) is 0 Å². The van der Waals surface area contributed by atoms with Gasteiger partial charge >= 0.3 is 0 Å². The van der Waals surface area contributed by atoms with Crippen LogP contribution in [0, 0.1) is 6.92 Å². The molecule has 0 fully saturated rings. The third kappa shape index (κ3) is 5.14. The quantitative estimate of drug-likeness (QED) is 0.720. The monoisotopic (exact) mass is 251 g/mol. The minimum absolute atomic E-state index is 0.123. The summed E-state index contributed by atoms with van der Waals surface area (Å²) in [5.74, 6) is 0.245. The largest absolute Gasteiger partial charge is 0.384 e. The Hall–Kier alpha value is -1.62. The van der Waals surface area contributed by atoms with Gasteiger partial charge in [0.25, 0.3) is 5.91 Å². The average Bonchev–Trinajstić information content (AvgIpc) is 2.32. The maximum absolute atomic E-state index is 11.8. The third-order valence-electron chi connectivity index (χ3n) is 2.33. The zero-order chi connectivity index (χ0) is 13.4. The van der Waals surface area contributed by atoms with E-state index >= 15 is 0 Å². The summed E-state index contributed by atoms with van der Waals surface area (Å²) >= 11 is 0. The van der Waals surface area contributed by atoms with Gasteiger partial charge in [0.15, 0.2) is 0 Å². The van der Waals surface area contributed by atoms with Crippen molar-refractivity contribution in [2.75, 3.05) is 25.5 Å². The second-order valence-corrected chi connectivity index (χ2v) is 4.14. The van der Waals surface area contributed by atoms with Gasteiger partial charge in [-0.1, -0.05) is 6.92 Å². The fourth-order valence-electron chi connectivity index (χ4n) is 1.55. The molecule has 0 bridgehead atoms. The molecule has 100 valence electrons. The number of nitrogens with one attached hydrogen (secondary N) is 1. The summed E-state index contributed by atoms with van der Waals surface area (Å²) in [4.78, 5) is 15.8. The molecule has 1 aromatic heterocycles. The first-order chi connectivity index (χ1) is 8.63. The number of aryl methyl sites for hydroxylation is 1. The lowest BCUT2D eigenvalue weighted by molar-refractivity contribution is 0.0941. The molecule has 0 aliphatic heterocycles. The van der Waals surface area contributed by atoms with Crippen LogP contribution in [0.2, 0.25) is 0 Å². The van der Waals surface area contributed by atoms with Crippen LogP contribution in [-0.2, 0) is 4.74 Å². The van der Waals surface area contributed by atoms with Gasteiger partial charge in [0, 0.05) is 31.0 Å². The Bertz CT molecular complexity index is 374. The van der Waals surface area contributed by atoms with Crippen molar-refractivity contribution in [3.05, 3.63) is 23.4 Å². The summed E-state index contributed by atoms with van der Waals surface area (Å²) in [6, 6.07) is 3.30. The van der Waals surface area contributed by atoms with E-state index in [1.165, 1.54) is 0 Å². The average molecular weight is 251 g/mol. The van der Waals surface area contributed by atoms with Crippen LogP contribution in [0.4, 0.5) is 5.82 Å². The van der Waals surface area contributed by atoms with E-state index in [4.69, 9.17) is 10.5 Å². The number of nitrogen functional groups attached to an aromatic ring is 1. The van der Waals surface area contributed by atoms with E-state index in [-0.39, 0.29) is 5.91 Å². The van der Waals surface area contributed by atoms with Crippen LogP contribution in [0.1, 0.15) is 35.8 Å². The highest BCUT2D eigenvalue weighted by molar-refractivity contribution is 5.94. The second-order valence-electron chi connectivity index (χ2n) is 4.14. The molecule has 1 aromatic rings. The van der Waals surface area contributed by atoms with E-state index in [1.807, 2.05) is 6.92 Å². The third-order valence-corrected chi connectivity index (χ3v) is 2.33. The van der Waals surface area contributed by atoms with Crippen LogP contribution in [0.15, 0.2) is 12.1 Å². The van der Waals surface area contributed by atoms with Gasteiger partial charge in [-0.2, -0.15) is 0 Å². The number of ether oxygens (including phenoxy) is 1. The van der Waals surface area contributed by atoms with E-state index < -0.39 is 0 Å². The summed E-state index contributed by atoms with van der Waals surface area (Å²) in [6.45, 7) is 5.92. The summed E-state index contributed by atoms with van der Waals surface area (Å²) in [7, 11) is 0. The molecule has 1 rings (SSSR count). The van der Waals surface area contributed by atoms with Crippen molar-refractivity contribution in [1.82, 2.24) is 10.3 Å². The summed E-state index contributed by atoms with van der Waals surface area (Å²) in [5.41, 5.74) is 6.89. The highest BCUT2D eigenvalue weighted by Crippen LogP contribution is 2.06. The predicted molar refractivity (Wildman–Crippen MR) is 71.4 cm³/mol. The smallest absolute Gasteiger partial charge is 0.251 e. The molecule has 0 radical (unpaired) electrons. The molecule has 3 N–H and O–H groups in total. The Morgan fingerprint density at radius 1 is 1.44 bits per heavy atom. The van der Waals surface area contributed by atoms with Crippen LogP contribution in [0.3, 0.4) is 0 Å². The summed E-state index contributed by atoms with van der Waals surface area (Å²) in [6.07, 6.45) is 1.83. The Morgan fingerprint density at radius 2 is 2.22 bits per heavy atom. The lowest BCUT2D eigenvalue weighted by Gasteiger charge is -2.07. The van der Waals surface area contributed by atoms with Gasteiger partial charge in [0.1, 0.15) is 5.82 Å². The van der Waals surface area contributed by atoms with Crippen LogP contribution in [0.5, 0.6) is 0 Å². The molecule has 1 amide bonds. The van der Waals surface area contributed by atoms with Crippen molar-refractivity contribution in [3.63, 3.8) is 0 Å². The van der Waals surface area contributed by atoms with Gasteiger partial charge < -0.3 is 15.8 Å². The lowest BCUT2D eigenvalue weighted by Crippen LogP contribution is -2.25. The number of nitrogens with two attached hydrogens (primary N) is 1. The van der Waals surface area contributed by atoms with Gasteiger partial charge in [-0.25, -0.2) is 4.98 Å². The molecular formula is C13H21N3O2. The van der Waals surface area contributed by atoms with Crippen molar-refractivity contribution < 1.29 is 9.53 Å². The maximum Gasteiger partial charge on any atom is 0.251 e. The fourth-order valence-corrected chi connectivity index (χ4v) is 1.55. The van der Waals surface area contributed by atoms with Gasteiger partial charge in [-0.15, -0.1) is 0 Å². The van der Waals surface area contributed by atoms with Crippen LogP contribution < -0.4 is 11.1 Å². The van der Waals surface area contributed by atoms with Gasteiger partial charge in [-0.3, -0.25) is 4.79 Å². The van der Waals surface area contributed by atoms with Crippen LogP contribution in [-0.4, -0.2) is 30.6 Å². The predicted octanol–water partition coefficient (Wildman–Crippen LogP) is 1.52. The molecule has 0 aliphatic rings. The first-order valence-corrected chi connectivity index (χ1v) is 6.23. The maximum atomic E-state index is 11.8. The molecule has 0 saturated carbocycles. The highest BCUT2D eigenvalue weighted by atomic mass is 16.5. The number of carbonyl (C=O) groups is 1. The second kappa shape index (κ2) is 7.66. The number of nitrogens with zero attached hydrogens (tertiary/aromatic N) is 1. The molecule has 18 heavy (non-hydrogen) atoms. The zero-order valence-electron chi connectivity index (χ0n) is 11.0. The van der Waals surface area contributed by atoms with Gasteiger partial charge in [0.2, 0.25) is 0 Å². The minimum Gasteiger partial charge on any atom is -0.384 e. The number of amides is 1. The topological polar surface area (TPSA) is 77.2 Å². The van der Waals surface area contributed by atoms with E-state index in [2.05, 4.69) is 17.2 Å². The highest BCUT2D eigenvalue weighted by Gasteiger charge is 2.06. The van der Waals surface area contributed by atoms with E-state index in [9.17, 15) is 4.79 Å². The number of hydrogen-bond donors (Lipinski definition) is 2. The Kier molecular flexibility index (Phi) is 6.14. The Morgan fingerprint density at radius 3 is 2.89 bits per heavy atom. The standard InChI is InChI=1S/C13H21N3O2/c1-3-6-18-7-4-5-15-13(17)11-8-10(2)16-12(14)9-11/h8-9H,3-7H2,1-2H3,(H2,14,16)(H,15,17). The van der Waals surface area contributed by atoms with E-state index in [0.29, 0.717) is 24.5 Å². The SMILES string of the molecule is CCCOCCCNC(=O)c1cc(C)nc(N)c1. The van der Waals surface area contributed by atoms with Crippen molar-refractivity contribution in [2.45, 2.75) is 26.7 Å².